The predicted octanol–water partition coefficient (Wildman–Crippen LogP) is 0.703. The number of likely N-dealkylation sites (N-methyl/N-ethyl adjacent to an activating group) is 1. The standard InChI is InChI=1S/C12H19NO3/c1-8(7-14)16-12(15)10-5-3-9-4-6-11(10)13(9)2/h5,8-9,11,14H,3-4,6-7H2,1-2H3/t8?,9-,11-/m1/s1. The summed E-state index contributed by atoms with van der Waals surface area (Å²) in [6.45, 7) is 1.57. The van der Waals surface area contributed by atoms with Gasteiger partial charge in [-0.15, -0.1) is 0 Å². The summed E-state index contributed by atoms with van der Waals surface area (Å²) in [6.07, 6.45) is 4.72. The van der Waals surface area contributed by atoms with Gasteiger partial charge >= 0.3 is 5.97 Å². The molecular formula is C12H19NO3. The second-order valence-corrected chi connectivity index (χ2v) is 4.71. The van der Waals surface area contributed by atoms with Crippen LogP contribution in [0.1, 0.15) is 26.2 Å². The third kappa shape index (κ3) is 1.99. The van der Waals surface area contributed by atoms with E-state index >= 15 is 0 Å². The Hall–Kier alpha value is -0.870. The van der Waals surface area contributed by atoms with Gasteiger partial charge in [-0.2, -0.15) is 0 Å². The molecule has 3 atom stereocenters. The average molecular weight is 225 g/mol. The molecule has 0 aromatic carbocycles. The van der Waals surface area contributed by atoms with Crippen molar-refractivity contribution < 1.29 is 14.6 Å². The Morgan fingerprint density at radius 1 is 1.69 bits per heavy atom. The number of hydrogen-bond acceptors (Lipinski definition) is 4. The lowest BCUT2D eigenvalue weighted by atomic mass is 10.0. The molecule has 0 aliphatic carbocycles. The number of esters is 1. The quantitative estimate of drug-likeness (QED) is 0.718. The minimum absolute atomic E-state index is 0.123. The van der Waals surface area contributed by atoms with E-state index in [1.165, 1.54) is 0 Å². The summed E-state index contributed by atoms with van der Waals surface area (Å²) in [4.78, 5) is 14.1. The van der Waals surface area contributed by atoms with Gasteiger partial charge in [-0.1, -0.05) is 6.08 Å². The Bertz CT molecular complexity index is 313. The van der Waals surface area contributed by atoms with Crippen molar-refractivity contribution in [3.8, 4) is 0 Å². The molecule has 0 aromatic heterocycles. The molecule has 1 fully saturated rings. The molecule has 0 aromatic rings. The Morgan fingerprint density at radius 2 is 2.44 bits per heavy atom. The van der Waals surface area contributed by atoms with Crippen molar-refractivity contribution in [2.24, 2.45) is 0 Å². The molecule has 2 aliphatic rings. The fourth-order valence-electron chi connectivity index (χ4n) is 2.58. The van der Waals surface area contributed by atoms with Crippen molar-refractivity contribution in [3.05, 3.63) is 11.6 Å². The van der Waals surface area contributed by atoms with Crippen LogP contribution in [-0.4, -0.2) is 47.8 Å². The highest BCUT2D eigenvalue weighted by Crippen LogP contribution is 2.34. The first-order valence-corrected chi connectivity index (χ1v) is 5.87. The number of aliphatic hydroxyl groups is 1. The second kappa shape index (κ2) is 4.55. The topological polar surface area (TPSA) is 49.8 Å². The van der Waals surface area contributed by atoms with Crippen LogP contribution in [-0.2, 0) is 9.53 Å². The van der Waals surface area contributed by atoms with Gasteiger partial charge in [0.1, 0.15) is 6.10 Å². The van der Waals surface area contributed by atoms with Gasteiger partial charge in [-0.3, -0.25) is 4.90 Å². The lowest BCUT2D eigenvalue weighted by molar-refractivity contribution is -0.146. The maximum Gasteiger partial charge on any atom is 0.335 e. The monoisotopic (exact) mass is 225 g/mol. The lowest BCUT2D eigenvalue weighted by Gasteiger charge is -2.30. The van der Waals surface area contributed by atoms with Crippen molar-refractivity contribution >= 4 is 5.97 Å². The second-order valence-electron chi connectivity index (χ2n) is 4.71. The molecule has 16 heavy (non-hydrogen) atoms. The summed E-state index contributed by atoms with van der Waals surface area (Å²) in [7, 11) is 2.07. The van der Waals surface area contributed by atoms with Gasteiger partial charge in [0.25, 0.3) is 0 Å². The van der Waals surface area contributed by atoms with E-state index in [9.17, 15) is 4.79 Å². The van der Waals surface area contributed by atoms with Crippen molar-refractivity contribution in [2.45, 2.75) is 44.4 Å². The van der Waals surface area contributed by atoms with E-state index in [1.54, 1.807) is 6.92 Å². The highest BCUT2D eigenvalue weighted by atomic mass is 16.5. The van der Waals surface area contributed by atoms with Crippen molar-refractivity contribution in [3.63, 3.8) is 0 Å². The van der Waals surface area contributed by atoms with Crippen molar-refractivity contribution in [2.75, 3.05) is 13.7 Å². The molecule has 2 heterocycles. The van der Waals surface area contributed by atoms with E-state index in [0.717, 1.165) is 24.8 Å². The van der Waals surface area contributed by atoms with Gasteiger partial charge in [0, 0.05) is 12.1 Å². The number of hydrogen-bond donors (Lipinski definition) is 1. The van der Waals surface area contributed by atoms with Crippen LogP contribution in [0.25, 0.3) is 0 Å². The summed E-state index contributed by atoms with van der Waals surface area (Å²) in [5.41, 5.74) is 0.775. The summed E-state index contributed by atoms with van der Waals surface area (Å²) >= 11 is 0. The number of carbonyl (C=O) groups is 1. The summed E-state index contributed by atoms with van der Waals surface area (Å²) < 4.78 is 5.15. The smallest absolute Gasteiger partial charge is 0.335 e. The molecule has 2 bridgehead atoms. The largest absolute Gasteiger partial charge is 0.457 e. The number of aliphatic hydroxyl groups excluding tert-OH is 1. The summed E-state index contributed by atoms with van der Waals surface area (Å²) in [5, 5.41) is 8.86. The van der Waals surface area contributed by atoms with Crippen LogP contribution in [0.3, 0.4) is 0 Å². The van der Waals surface area contributed by atoms with E-state index in [-0.39, 0.29) is 18.6 Å². The zero-order chi connectivity index (χ0) is 11.7. The Morgan fingerprint density at radius 3 is 3.12 bits per heavy atom. The molecule has 2 aliphatic heterocycles. The molecule has 1 unspecified atom stereocenters. The highest BCUT2D eigenvalue weighted by molar-refractivity contribution is 5.90. The number of rotatable bonds is 3. The molecule has 90 valence electrons. The molecule has 4 nitrogen and oxygen atoms in total. The summed E-state index contributed by atoms with van der Waals surface area (Å²) in [5.74, 6) is -0.265. The fourth-order valence-corrected chi connectivity index (χ4v) is 2.58. The van der Waals surface area contributed by atoms with Crippen LogP contribution < -0.4 is 0 Å². The van der Waals surface area contributed by atoms with Crippen LogP contribution in [0.15, 0.2) is 11.6 Å². The first-order chi connectivity index (χ1) is 7.63. The predicted molar refractivity (Wildman–Crippen MR) is 59.9 cm³/mol. The zero-order valence-corrected chi connectivity index (χ0v) is 9.85. The highest BCUT2D eigenvalue weighted by Gasteiger charge is 2.38. The SMILES string of the molecule is CC(CO)OC(=O)C1=CC[C@@H]2CC[C@H]1N2C. The van der Waals surface area contributed by atoms with E-state index < -0.39 is 6.10 Å². The zero-order valence-electron chi connectivity index (χ0n) is 9.85. The first kappa shape index (κ1) is 11.6. The molecule has 0 saturated carbocycles. The van der Waals surface area contributed by atoms with Gasteiger partial charge in [0.05, 0.1) is 12.2 Å². The van der Waals surface area contributed by atoms with Crippen molar-refractivity contribution in [1.82, 2.24) is 4.90 Å². The molecule has 0 radical (unpaired) electrons. The third-order valence-electron chi connectivity index (χ3n) is 3.61. The summed E-state index contributed by atoms with van der Waals surface area (Å²) in [6, 6.07) is 0.814. The number of ether oxygens (including phenoxy) is 1. The normalized spacial score (nSPS) is 31.1. The maximum atomic E-state index is 11.9. The molecular weight excluding hydrogens is 206 g/mol. The number of fused-ring (bicyclic) bond motifs is 2. The lowest BCUT2D eigenvalue weighted by Crippen LogP contribution is -2.39. The van der Waals surface area contributed by atoms with E-state index in [0.29, 0.717) is 6.04 Å². The van der Waals surface area contributed by atoms with Crippen LogP contribution >= 0.6 is 0 Å². The minimum atomic E-state index is -0.419. The average Bonchev–Trinajstić information content (AvgIpc) is 2.53. The van der Waals surface area contributed by atoms with Gasteiger partial charge < -0.3 is 9.84 Å². The Kier molecular flexibility index (Phi) is 3.30. The third-order valence-corrected chi connectivity index (χ3v) is 3.61. The maximum absolute atomic E-state index is 11.9. The molecule has 1 saturated heterocycles. The van der Waals surface area contributed by atoms with Crippen molar-refractivity contribution in [1.29, 1.82) is 0 Å². The van der Waals surface area contributed by atoms with Gasteiger partial charge in [-0.25, -0.2) is 4.79 Å². The first-order valence-electron chi connectivity index (χ1n) is 5.87. The van der Waals surface area contributed by atoms with Crippen LogP contribution in [0.4, 0.5) is 0 Å². The molecule has 1 N–H and O–H groups in total. The van der Waals surface area contributed by atoms with Gasteiger partial charge in [-0.05, 0) is 33.2 Å². The molecule has 4 heteroatoms. The van der Waals surface area contributed by atoms with Crippen LogP contribution in [0, 0.1) is 0 Å². The van der Waals surface area contributed by atoms with E-state index in [4.69, 9.17) is 9.84 Å². The molecule has 0 amide bonds. The van der Waals surface area contributed by atoms with Gasteiger partial charge in [0.15, 0.2) is 0 Å². The Labute approximate surface area is 95.9 Å². The van der Waals surface area contributed by atoms with E-state index in [2.05, 4.69) is 11.9 Å². The van der Waals surface area contributed by atoms with E-state index in [1.807, 2.05) is 6.08 Å². The van der Waals surface area contributed by atoms with Crippen LogP contribution in [0.5, 0.6) is 0 Å². The molecule has 0 spiro atoms. The number of carbonyl (C=O) groups excluding carboxylic acids is 1. The fraction of sp³-hybridized carbons (Fsp3) is 0.750. The van der Waals surface area contributed by atoms with Crippen LogP contribution in [0.2, 0.25) is 0 Å². The van der Waals surface area contributed by atoms with Gasteiger partial charge in [0.2, 0.25) is 0 Å². The minimum Gasteiger partial charge on any atom is -0.457 e. The number of nitrogens with zero attached hydrogens (tertiary/aromatic N) is 1. The Balaban J connectivity index is 2.04. The molecule has 2 rings (SSSR count).